The Kier molecular flexibility index (Phi) is 10.4. The fraction of sp³-hybridized carbons (Fsp3) is 0.523. The Balaban J connectivity index is 0.745. The van der Waals surface area contributed by atoms with Gasteiger partial charge in [-0.05, 0) is 81.8 Å². The molecule has 5 aliphatic rings. The number of nitrogens with one attached hydrogen (secondary N) is 2. The van der Waals surface area contributed by atoms with E-state index in [4.69, 9.17) is 14.7 Å². The second kappa shape index (κ2) is 15.7. The number of piperazine rings is 1. The number of carbonyl (C=O) groups excluding carboxylic acids is 3. The molecule has 0 bridgehead atoms. The predicted molar refractivity (Wildman–Crippen MR) is 220 cm³/mol. The molecule has 3 saturated heterocycles. The van der Waals surface area contributed by atoms with Crippen LogP contribution in [0.1, 0.15) is 85.2 Å². The lowest BCUT2D eigenvalue weighted by Gasteiger charge is -2.42. The van der Waals surface area contributed by atoms with Gasteiger partial charge in [0.15, 0.2) is 0 Å². The van der Waals surface area contributed by atoms with Crippen LogP contribution in [0.2, 0.25) is 0 Å². The Morgan fingerprint density at radius 1 is 0.931 bits per heavy atom. The molecule has 2 aromatic carbocycles. The molecule has 5 aliphatic heterocycles. The number of H-pyrrole nitrogens is 1. The van der Waals surface area contributed by atoms with E-state index in [2.05, 4.69) is 61.1 Å². The highest BCUT2D eigenvalue weighted by atomic mass is 19.1. The number of halogens is 1. The first-order valence-electron chi connectivity index (χ1n) is 21.0. The number of carbonyl (C=O) groups is 3. The monoisotopic (exact) mass is 791 g/mol. The van der Waals surface area contributed by atoms with Gasteiger partial charge in [0.05, 0.1) is 18.8 Å². The van der Waals surface area contributed by atoms with Gasteiger partial charge in [0.1, 0.15) is 11.7 Å². The van der Waals surface area contributed by atoms with Crippen molar-refractivity contribution >= 4 is 40.3 Å². The highest BCUT2D eigenvalue weighted by molar-refractivity contribution is 6.05. The molecule has 0 radical (unpaired) electrons. The predicted octanol–water partition coefficient (Wildman–Crippen LogP) is 4.61. The van der Waals surface area contributed by atoms with Crippen molar-refractivity contribution in [3.05, 3.63) is 82.8 Å². The Hall–Kier alpha value is -4.92. The Morgan fingerprint density at radius 3 is 2.43 bits per heavy atom. The standard InChI is InChI=1S/C44H54FN9O4/c1-28-22-35-34-6-4-5-7-36(34)48-39(35)40(54(28)27-44(2,3)45)30-24-46-43(47-25-30)52-14-12-32(13-15-52)58-21-20-50-16-18-51(19-17-50)31-8-9-33-29(23-31)26-53(42(33)57)37-10-11-38(55)49-41(37)56/h4-9,23-25,28,32,37,40,48H,10-22,26-27H2,1-3H3,(H,49,55,56)/t28-,37?,40-/m1/s1. The molecule has 58 heavy (non-hydrogen) atoms. The van der Waals surface area contributed by atoms with Crippen LogP contribution in [0.5, 0.6) is 0 Å². The maximum atomic E-state index is 15.2. The number of aromatic amines is 1. The molecule has 7 heterocycles. The van der Waals surface area contributed by atoms with Crippen LogP contribution < -0.4 is 15.1 Å². The molecule has 2 aromatic heterocycles. The van der Waals surface area contributed by atoms with Crippen LogP contribution >= 0.6 is 0 Å². The fourth-order valence-corrected chi connectivity index (χ4v) is 9.74. The second-order valence-electron chi connectivity index (χ2n) is 17.4. The molecular weight excluding hydrogens is 738 g/mol. The topological polar surface area (TPSA) is 130 Å². The third-order valence-electron chi connectivity index (χ3n) is 12.8. The van der Waals surface area contributed by atoms with Crippen LogP contribution in [-0.2, 0) is 27.3 Å². The van der Waals surface area contributed by atoms with Gasteiger partial charge in [-0.15, -0.1) is 0 Å². The van der Waals surface area contributed by atoms with Crippen LogP contribution in [-0.4, -0.2) is 130 Å². The third kappa shape index (κ3) is 7.69. The summed E-state index contributed by atoms with van der Waals surface area (Å²) >= 11 is 0. The van der Waals surface area contributed by atoms with E-state index in [1.807, 2.05) is 30.6 Å². The molecule has 2 N–H and O–H groups in total. The molecule has 3 amide bonds. The Bertz CT molecular complexity index is 2170. The van der Waals surface area contributed by atoms with Gasteiger partial charge in [0, 0.05) is 117 Å². The Morgan fingerprint density at radius 2 is 1.69 bits per heavy atom. The second-order valence-corrected chi connectivity index (χ2v) is 17.4. The van der Waals surface area contributed by atoms with E-state index < -0.39 is 11.7 Å². The summed E-state index contributed by atoms with van der Waals surface area (Å²) in [6.45, 7) is 13.0. The molecule has 13 nitrogen and oxygen atoms in total. The van der Waals surface area contributed by atoms with Crippen molar-refractivity contribution in [2.24, 2.45) is 0 Å². The van der Waals surface area contributed by atoms with E-state index >= 15 is 4.39 Å². The third-order valence-corrected chi connectivity index (χ3v) is 12.8. The number of ether oxygens (including phenoxy) is 1. The van der Waals surface area contributed by atoms with Gasteiger partial charge in [-0.25, -0.2) is 14.4 Å². The zero-order valence-electron chi connectivity index (χ0n) is 33.8. The van der Waals surface area contributed by atoms with Gasteiger partial charge in [0.25, 0.3) is 5.91 Å². The minimum Gasteiger partial charge on any atom is -0.377 e. The number of fused-ring (bicyclic) bond motifs is 4. The molecule has 14 heteroatoms. The fourth-order valence-electron chi connectivity index (χ4n) is 9.74. The number of piperidine rings is 2. The van der Waals surface area contributed by atoms with Crippen LogP contribution in [0.25, 0.3) is 10.9 Å². The molecule has 1 unspecified atom stereocenters. The average molecular weight is 792 g/mol. The largest absolute Gasteiger partial charge is 0.377 e. The lowest BCUT2D eigenvalue weighted by atomic mass is 9.88. The number of hydrogen-bond donors (Lipinski definition) is 2. The van der Waals surface area contributed by atoms with Crippen molar-refractivity contribution in [3.8, 4) is 0 Å². The number of rotatable bonds is 10. The Labute approximate surface area is 338 Å². The first kappa shape index (κ1) is 38.6. The van der Waals surface area contributed by atoms with Crippen molar-refractivity contribution in [3.63, 3.8) is 0 Å². The van der Waals surface area contributed by atoms with Crippen LogP contribution in [0.3, 0.4) is 0 Å². The quantitative estimate of drug-likeness (QED) is 0.220. The number of alkyl halides is 1. The summed E-state index contributed by atoms with van der Waals surface area (Å²) in [6, 6.07) is 13.8. The van der Waals surface area contributed by atoms with Crippen molar-refractivity contribution in [2.75, 3.05) is 68.8 Å². The first-order valence-corrected chi connectivity index (χ1v) is 21.0. The highest BCUT2D eigenvalue weighted by Crippen LogP contribution is 2.41. The molecule has 3 fully saturated rings. The number of hydrogen-bond acceptors (Lipinski definition) is 10. The number of amides is 3. The smallest absolute Gasteiger partial charge is 0.255 e. The molecule has 9 rings (SSSR count). The van der Waals surface area contributed by atoms with Crippen molar-refractivity contribution in [1.29, 1.82) is 0 Å². The summed E-state index contributed by atoms with van der Waals surface area (Å²) in [5.41, 5.74) is 5.79. The van der Waals surface area contributed by atoms with E-state index in [0.717, 1.165) is 99.0 Å². The zero-order valence-corrected chi connectivity index (χ0v) is 33.8. The molecule has 0 aliphatic carbocycles. The van der Waals surface area contributed by atoms with Crippen molar-refractivity contribution in [2.45, 2.75) is 89.3 Å². The number of benzene rings is 2. The zero-order chi connectivity index (χ0) is 40.1. The molecule has 4 aromatic rings. The van der Waals surface area contributed by atoms with E-state index in [0.29, 0.717) is 31.7 Å². The average Bonchev–Trinajstić information content (AvgIpc) is 3.74. The van der Waals surface area contributed by atoms with Crippen molar-refractivity contribution < 1.29 is 23.5 Å². The van der Waals surface area contributed by atoms with E-state index in [-0.39, 0.29) is 42.3 Å². The lowest BCUT2D eigenvalue weighted by Crippen LogP contribution is -2.52. The van der Waals surface area contributed by atoms with Gasteiger partial charge < -0.3 is 24.4 Å². The first-order chi connectivity index (χ1) is 28.0. The number of anilines is 2. The molecular formula is C44H54FN9O4. The molecule has 0 spiro atoms. The minimum atomic E-state index is -1.35. The van der Waals surface area contributed by atoms with Gasteiger partial charge in [0.2, 0.25) is 17.8 Å². The van der Waals surface area contributed by atoms with Gasteiger partial charge >= 0.3 is 0 Å². The summed E-state index contributed by atoms with van der Waals surface area (Å²) in [7, 11) is 0. The number of imide groups is 1. The van der Waals surface area contributed by atoms with Gasteiger partial charge in [-0.3, -0.25) is 29.5 Å². The normalized spacial score (nSPS) is 23.8. The maximum Gasteiger partial charge on any atom is 0.255 e. The van der Waals surface area contributed by atoms with Gasteiger partial charge in [-0.2, -0.15) is 0 Å². The number of para-hydroxylation sites is 1. The van der Waals surface area contributed by atoms with E-state index in [1.165, 1.54) is 10.9 Å². The maximum absolute atomic E-state index is 15.2. The summed E-state index contributed by atoms with van der Waals surface area (Å²) in [5.74, 6) is -0.0857. The number of nitrogens with zero attached hydrogens (tertiary/aromatic N) is 7. The summed E-state index contributed by atoms with van der Waals surface area (Å²) in [6.07, 6.45) is 7.37. The molecule has 3 atom stereocenters. The lowest BCUT2D eigenvalue weighted by molar-refractivity contribution is -0.136. The van der Waals surface area contributed by atoms with E-state index in [9.17, 15) is 14.4 Å². The SMILES string of the molecule is C[C@@H]1Cc2c([nH]c3ccccc23)[C@@H](c2cnc(N3CCC(OCCN4CCN(c5ccc6c(c5)CN(C5CCC(=O)NC5=O)C6=O)CC4)CC3)nc2)N1CC(C)(C)F. The van der Waals surface area contributed by atoms with Crippen LogP contribution in [0, 0.1) is 0 Å². The summed E-state index contributed by atoms with van der Waals surface area (Å²) in [4.78, 5) is 61.5. The molecule has 306 valence electrons. The van der Waals surface area contributed by atoms with Gasteiger partial charge in [-0.1, -0.05) is 18.2 Å². The summed E-state index contributed by atoms with van der Waals surface area (Å²) < 4.78 is 21.6. The summed E-state index contributed by atoms with van der Waals surface area (Å²) in [5, 5.41) is 3.60. The van der Waals surface area contributed by atoms with Crippen LogP contribution in [0.4, 0.5) is 16.0 Å². The highest BCUT2D eigenvalue weighted by Gasteiger charge is 2.41. The van der Waals surface area contributed by atoms with E-state index in [1.54, 1.807) is 18.7 Å². The number of aromatic nitrogens is 3. The molecule has 0 saturated carbocycles. The minimum absolute atomic E-state index is 0.142. The van der Waals surface area contributed by atoms with Crippen LogP contribution in [0.15, 0.2) is 54.9 Å². The van der Waals surface area contributed by atoms with Crippen molar-refractivity contribution in [1.82, 2.24) is 35.0 Å².